The van der Waals surface area contributed by atoms with Crippen LogP contribution in [-0.2, 0) is 12.6 Å². The Balaban J connectivity index is 1.28. The maximum atomic E-state index is 8.88. The van der Waals surface area contributed by atoms with Crippen molar-refractivity contribution in [2.75, 3.05) is 6.61 Å². The van der Waals surface area contributed by atoms with Gasteiger partial charge >= 0.3 is 0 Å². The normalized spacial score (nSPS) is 14.6. The quantitative estimate of drug-likeness (QED) is 0.215. The molecule has 1 N–H and O–H groups in total. The van der Waals surface area contributed by atoms with Crippen molar-refractivity contribution in [1.82, 2.24) is 24.5 Å². The van der Waals surface area contributed by atoms with E-state index >= 15 is 0 Å². The van der Waals surface area contributed by atoms with Crippen molar-refractivity contribution in [3.8, 4) is 28.7 Å². The Kier molecular flexibility index (Phi) is 7.36. The zero-order valence-corrected chi connectivity index (χ0v) is 23.4. The fourth-order valence-electron chi connectivity index (χ4n) is 5.53. The van der Waals surface area contributed by atoms with E-state index in [4.69, 9.17) is 10.1 Å². The number of hydrogen-bond donors (Lipinski definition) is 1. The molecule has 0 bridgehead atoms. The first-order chi connectivity index (χ1) is 19.6. The molecule has 3 heterocycles. The molecule has 1 saturated carbocycles. The molecular weight excluding hydrogens is 496 g/mol. The lowest BCUT2D eigenvalue weighted by molar-refractivity contribution is 0.282. The Hall–Kier alpha value is -4.02. The number of aromatic nitrogens is 5. The number of hydrogen-bond acceptors (Lipinski definition) is 5. The summed E-state index contributed by atoms with van der Waals surface area (Å²) in [6, 6.07) is 15.1. The second-order valence-electron chi connectivity index (χ2n) is 11.0. The van der Waals surface area contributed by atoms with E-state index in [0.29, 0.717) is 6.61 Å². The summed E-state index contributed by atoms with van der Waals surface area (Å²) in [5.41, 5.74) is 7.10. The lowest BCUT2D eigenvalue weighted by atomic mass is 9.96. The van der Waals surface area contributed by atoms with E-state index in [1.165, 1.54) is 19.3 Å². The van der Waals surface area contributed by atoms with Crippen molar-refractivity contribution >= 4 is 5.71 Å². The van der Waals surface area contributed by atoms with Crippen molar-refractivity contribution in [2.24, 2.45) is 12.0 Å². The van der Waals surface area contributed by atoms with Crippen LogP contribution in [0.5, 0.6) is 0 Å². The van der Waals surface area contributed by atoms with Gasteiger partial charge in [-0.25, -0.2) is 0 Å². The number of rotatable bonds is 9. The Morgan fingerprint density at radius 2 is 1.65 bits per heavy atom. The molecule has 2 aromatic carbocycles. The zero-order valence-electron chi connectivity index (χ0n) is 23.4. The largest absolute Gasteiger partial charge is 0.396 e. The van der Waals surface area contributed by atoms with Crippen LogP contribution in [0.25, 0.3) is 16.8 Å². The van der Waals surface area contributed by atoms with Crippen LogP contribution in [0.3, 0.4) is 0 Å². The number of benzene rings is 2. The van der Waals surface area contributed by atoms with Crippen molar-refractivity contribution in [3.63, 3.8) is 0 Å². The first-order valence-electron chi connectivity index (χ1n) is 14.4. The third-order valence-corrected chi connectivity index (χ3v) is 7.92. The molecule has 1 spiro atoms. The van der Waals surface area contributed by atoms with E-state index < -0.39 is 0 Å². The van der Waals surface area contributed by atoms with E-state index in [9.17, 15) is 0 Å². The molecule has 0 amide bonds. The van der Waals surface area contributed by atoms with E-state index in [0.717, 1.165) is 89.4 Å². The molecular formula is C33H36N6O. The Labute approximate surface area is 236 Å². The van der Waals surface area contributed by atoms with Crippen molar-refractivity contribution in [1.29, 1.82) is 0 Å². The summed E-state index contributed by atoms with van der Waals surface area (Å²) >= 11 is 0. The van der Waals surface area contributed by atoms with E-state index in [1.54, 1.807) is 0 Å². The number of unbranched alkanes of at least 4 members (excludes halogenated alkanes) is 6. The van der Waals surface area contributed by atoms with Crippen molar-refractivity contribution in [2.45, 2.75) is 70.3 Å². The fraction of sp³-hybridized carbons (Fsp3) is 0.394. The van der Waals surface area contributed by atoms with E-state index in [1.807, 2.05) is 31.0 Å². The molecule has 0 atom stereocenters. The molecule has 1 fully saturated rings. The molecule has 6 rings (SSSR count). The Morgan fingerprint density at radius 3 is 2.38 bits per heavy atom. The molecule has 40 heavy (non-hydrogen) atoms. The second kappa shape index (κ2) is 11.2. The Morgan fingerprint density at radius 1 is 0.900 bits per heavy atom. The summed E-state index contributed by atoms with van der Waals surface area (Å²) in [4.78, 5) is 5.40. The first kappa shape index (κ1) is 26.2. The predicted octanol–water partition coefficient (Wildman–Crippen LogP) is 5.89. The van der Waals surface area contributed by atoms with E-state index in [-0.39, 0.29) is 5.54 Å². The van der Waals surface area contributed by atoms with Gasteiger partial charge in [0.1, 0.15) is 11.4 Å². The zero-order chi connectivity index (χ0) is 27.5. The molecule has 204 valence electrons. The molecule has 7 heteroatoms. The summed E-state index contributed by atoms with van der Waals surface area (Å²) in [6.07, 6.45) is 13.6. The topological polar surface area (TPSA) is 81.1 Å². The molecule has 1 aliphatic carbocycles. The Bertz CT molecular complexity index is 1590. The van der Waals surface area contributed by atoms with Gasteiger partial charge < -0.3 is 5.11 Å². The third kappa shape index (κ3) is 5.24. The molecule has 1 aliphatic heterocycles. The van der Waals surface area contributed by atoms with Gasteiger partial charge in [-0.3, -0.25) is 14.2 Å². The third-order valence-electron chi connectivity index (χ3n) is 7.92. The number of aliphatic hydroxyl groups excluding tert-OH is 1. The van der Waals surface area contributed by atoms with Gasteiger partial charge in [-0.1, -0.05) is 55.7 Å². The number of aliphatic imine (C=N–C) groups is 1. The number of aryl methyl sites for hydroxylation is 2. The standard InChI is InChI=1S/C33H36N6O/c1-24-36-37-32-33(18-19-33)35-31(29-21-27(16-17-30(29)39(24)32)28-22-34-38(2)23-28)26-14-12-25(13-15-26)11-9-7-5-3-4-6-8-10-20-40/h12-17,21-23,40H,3-8,10,18-20H2,1-2H3. The lowest BCUT2D eigenvalue weighted by Crippen LogP contribution is -2.11. The SMILES string of the molecule is Cc1nnc2n1-c1ccc(-c3cnn(C)c3)cc1C(c1ccc(C#CCCCCCCCCO)cc1)=NC21CC1. The fourth-order valence-corrected chi connectivity index (χ4v) is 5.53. The first-order valence-corrected chi connectivity index (χ1v) is 14.4. The van der Waals surface area contributed by atoms with Gasteiger partial charge in [0, 0.05) is 48.5 Å². The van der Waals surface area contributed by atoms with Crippen LogP contribution in [0.1, 0.15) is 86.1 Å². The molecule has 4 aromatic rings. The molecule has 7 nitrogen and oxygen atoms in total. The summed E-state index contributed by atoms with van der Waals surface area (Å²) in [5, 5.41) is 22.3. The van der Waals surface area contributed by atoms with Gasteiger partial charge in [0.15, 0.2) is 5.82 Å². The molecule has 0 radical (unpaired) electrons. The highest BCUT2D eigenvalue weighted by atomic mass is 16.2. The minimum atomic E-state index is -0.319. The van der Waals surface area contributed by atoms with Crippen LogP contribution < -0.4 is 0 Å². The maximum Gasteiger partial charge on any atom is 0.165 e. The van der Waals surface area contributed by atoms with Gasteiger partial charge in [-0.15, -0.1) is 10.2 Å². The van der Waals surface area contributed by atoms with Crippen molar-refractivity contribution < 1.29 is 5.11 Å². The van der Waals surface area contributed by atoms with Crippen LogP contribution in [0.15, 0.2) is 59.9 Å². The highest BCUT2D eigenvalue weighted by Gasteiger charge is 2.51. The minimum Gasteiger partial charge on any atom is -0.396 e. The van der Waals surface area contributed by atoms with E-state index in [2.05, 4.69) is 74.2 Å². The molecule has 0 saturated heterocycles. The van der Waals surface area contributed by atoms with Crippen LogP contribution in [0.4, 0.5) is 0 Å². The summed E-state index contributed by atoms with van der Waals surface area (Å²) < 4.78 is 4.02. The van der Waals surface area contributed by atoms with Gasteiger partial charge in [-0.05, 0) is 62.4 Å². The van der Waals surface area contributed by atoms with Crippen LogP contribution in [-0.4, -0.2) is 42.0 Å². The molecule has 2 aromatic heterocycles. The average Bonchev–Trinajstić information content (AvgIpc) is 3.49. The van der Waals surface area contributed by atoms with Gasteiger partial charge in [0.25, 0.3) is 0 Å². The van der Waals surface area contributed by atoms with Crippen LogP contribution in [0.2, 0.25) is 0 Å². The molecule has 0 unspecified atom stereocenters. The average molecular weight is 533 g/mol. The van der Waals surface area contributed by atoms with Gasteiger partial charge in [0.2, 0.25) is 0 Å². The van der Waals surface area contributed by atoms with Crippen LogP contribution in [0, 0.1) is 18.8 Å². The summed E-state index contributed by atoms with van der Waals surface area (Å²) in [7, 11) is 1.94. The predicted molar refractivity (Wildman–Crippen MR) is 158 cm³/mol. The highest BCUT2D eigenvalue weighted by Crippen LogP contribution is 2.51. The van der Waals surface area contributed by atoms with Gasteiger partial charge in [-0.2, -0.15) is 5.10 Å². The lowest BCUT2D eigenvalue weighted by Gasteiger charge is -2.14. The maximum absolute atomic E-state index is 8.88. The smallest absolute Gasteiger partial charge is 0.165 e. The monoisotopic (exact) mass is 532 g/mol. The van der Waals surface area contributed by atoms with Gasteiger partial charge in [0.05, 0.1) is 17.6 Å². The number of fused-ring (bicyclic) bond motifs is 4. The number of aliphatic hydroxyl groups is 1. The second-order valence-corrected chi connectivity index (χ2v) is 11.0. The number of nitrogens with zero attached hydrogens (tertiary/aromatic N) is 6. The summed E-state index contributed by atoms with van der Waals surface area (Å²) in [5.74, 6) is 8.50. The molecule has 2 aliphatic rings. The van der Waals surface area contributed by atoms with Crippen molar-refractivity contribution in [3.05, 3.63) is 83.2 Å². The minimum absolute atomic E-state index is 0.305. The van der Waals surface area contributed by atoms with Crippen LogP contribution >= 0.6 is 0 Å². The summed E-state index contributed by atoms with van der Waals surface area (Å²) in [6.45, 7) is 2.32. The highest BCUT2D eigenvalue weighted by molar-refractivity contribution is 6.16.